The average Bonchev–Trinajstić information content (AvgIpc) is 3.43. The third-order valence-corrected chi connectivity index (χ3v) is 10.3. The maximum absolute atomic E-state index is 2.43. The Morgan fingerprint density at radius 3 is 1.57 bits per heavy atom. The van der Waals surface area contributed by atoms with Crippen molar-refractivity contribution in [3.05, 3.63) is 211 Å². The summed E-state index contributed by atoms with van der Waals surface area (Å²) in [5, 5.41) is 2.52. The first kappa shape index (κ1) is 29.0. The van der Waals surface area contributed by atoms with E-state index in [4.69, 9.17) is 0 Å². The maximum atomic E-state index is 2.43. The standard InChI is InChI=1S/C48H35N/c1-48(40-17-7-3-8-18-40)46-32-39(38-22-21-35-15-11-12-16-37(35)31-38)25-29-44(46)45-30-28-43(33-47(45)48)49(41-19-9-4-10-20-41)42-26-23-36(24-27-42)34-13-5-2-6-14-34/h2-33H,1H3. The lowest BCUT2D eigenvalue weighted by Gasteiger charge is -2.31. The molecule has 0 amide bonds. The van der Waals surface area contributed by atoms with E-state index < -0.39 is 0 Å². The van der Waals surface area contributed by atoms with Gasteiger partial charge in [0.15, 0.2) is 0 Å². The average molecular weight is 626 g/mol. The van der Waals surface area contributed by atoms with Gasteiger partial charge in [-0.2, -0.15) is 0 Å². The van der Waals surface area contributed by atoms with Gasteiger partial charge in [-0.15, -0.1) is 0 Å². The number of para-hydroxylation sites is 1. The van der Waals surface area contributed by atoms with Crippen LogP contribution in [-0.4, -0.2) is 0 Å². The predicted molar refractivity (Wildman–Crippen MR) is 207 cm³/mol. The largest absolute Gasteiger partial charge is 0.310 e. The first-order valence-electron chi connectivity index (χ1n) is 17.0. The van der Waals surface area contributed by atoms with Crippen LogP contribution in [0.5, 0.6) is 0 Å². The van der Waals surface area contributed by atoms with Gasteiger partial charge in [0.1, 0.15) is 0 Å². The van der Waals surface area contributed by atoms with Crippen molar-refractivity contribution >= 4 is 27.8 Å². The fourth-order valence-corrected chi connectivity index (χ4v) is 7.75. The molecular formula is C48H35N. The summed E-state index contributed by atoms with van der Waals surface area (Å²) in [6.07, 6.45) is 0. The monoisotopic (exact) mass is 625 g/mol. The fraction of sp³-hybridized carbons (Fsp3) is 0.0417. The van der Waals surface area contributed by atoms with Gasteiger partial charge in [-0.25, -0.2) is 0 Å². The molecule has 1 atom stereocenters. The van der Waals surface area contributed by atoms with Crippen LogP contribution in [0.25, 0.3) is 44.2 Å². The second-order valence-electron chi connectivity index (χ2n) is 13.1. The minimum Gasteiger partial charge on any atom is -0.310 e. The molecule has 1 aliphatic rings. The van der Waals surface area contributed by atoms with Crippen LogP contribution in [0.15, 0.2) is 194 Å². The molecule has 8 aromatic carbocycles. The Bertz CT molecular complexity index is 2430. The zero-order valence-electron chi connectivity index (χ0n) is 27.4. The number of fused-ring (bicyclic) bond motifs is 4. The third kappa shape index (κ3) is 4.94. The van der Waals surface area contributed by atoms with Crippen molar-refractivity contribution in [2.24, 2.45) is 0 Å². The Morgan fingerprint density at radius 2 is 0.837 bits per heavy atom. The summed E-state index contributed by atoms with van der Waals surface area (Å²) < 4.78 is 0. The van der Waals surface area contributed by atoms with Gasteiger partial charge in [0.2, 0.25) is 0 Å². The molecule has 1 nitrogen and oxygen atoms in total. The van der Waals surface area contributed by atoms with Crippen LogP contribution in [0.2, 0.25) is 0 Å². The summed E-state index contributed by atoms with van der Waals surface area (Å²) in [6.45, 7) is 2.41. The minimum atomic E-state index is -0.339. The summed E-state index contributed by atoms with van der Waals surface area (Å²) in [5.41, 5.74) is 14.5. The molecule has 0 fully saturated rings. The fourth-order valence-electron chi connectivity index (χ4n) is 7.75. The molecule has 0 heterocycles. The summed E-state index contributed by atoms with van der Waals surface area (Å²) in [5.74, 6) is 0. The Balaban J connectivity index is 1.19. The van der Waals surface area contributed by atoms with Crippen LogP contribution in [-0.2, 0) is 5.41 Å². The first-order chi connectivity index (χ1) is 24.2. The van der Waals surface area contributed by atoms with Crippen molar-refractivity contribution in [3.63, 3.8) is 0 Å². The van der Waals surface area contributed by atoms with Gasteiger partial charge in [-0.05, 0) is 116 Å². The molecular weight excluding hydrogens is 591 g/mol. The van der Waals surface area contributed by atoms with E-state index in [1.54, 1.807) is 0 Å². The summed E-state index contributed by atoms with van der Waals surface area (Å²) in [7, 11) is 0. The van der Waals surface area contributed by atoms with Crippen LogP contribution in [0, 0.1) is 0 Å². The third-order valence-electron chi connectivity index (χ3n) is 10.3. The lowest BCUT2D eigenvalue weighted by molar-refractivity contribution is 0.714. The van der Waals surface area contributed by atoms with Crippen LogP contribution in [0.3, 0.4) is 0 Å². The van der Waals surface area contributed by atoms with Gasteiger partial charge < -0.3 is 4.90 Å². The number of hydrogen-bond acceptors (Lipinski definition) is 1. The maximum Gasteiger partial charge on any atom is 0.0465 e. The molecule has 0 bridgehead atoms. The number of hydrogen-bond donors (Lipinski definition) is 0. The molecule has 0 spiro atoms. The molecule has 0 saturated carbocycles. The molecule has 0 radical (unpaired) electrons. The van der Waals surface area contributed by atoms with E-state index in [9.17, 15) is 0 Å². The lowest BCUT2D eigenvalue weighted by Crippen LogP contribution is -2.23. The molecule has 0 aromatic heterocycles. The normalized spacial score (nSPS) is 14.7. The summed E-state index contributed by atoms with van der Waals surface area (Å²) in [4.78, 5) is 2.38. The highest BCUT2D eigenvalue weighted by molar-refractivity contribution is 5.91. The molecule has 0 aliphatic heterocycles. The molecule has 0 saturated heterocycles. The van der Waals surface area contributed by atoms with E-state index in [1.165, 1.54) is 60.8 Å². The van der Waals surface area contributed by atoms with E-state index in [1.807, 2.05) is 0 Å². The lowest BCUT2D eigenvalue weighted by atomic mass is 9.73. The minimum absolute atomic E-state index is 0.339. The molecule has 1 heteroatoms. The van der Waals surface area contributed by atoms with Crippen molar-refractivity contribution < 1.29 is 0 Å². The second kappa shape index (κ2) is 11.8. The van der Waals surface area contributed by atoms with Gasteiger partial charge in [0.25, 0.3) is 0 Å². The molecule has 0 N–H and O–H groups in total. The Labute approximate surface area is 288 Å². The smallest absolute Gasteiger partial charge is 0.0465 e. The Kier molecular flexibility index (Phi) is 6.99. The Hall–Kier alpha value is -6.18. The number of benzene rings is 8. The molecule has 1 unspecified atom stereocenters. The highest BCUT2D eigenvalue weighted by Crippen LogP contribution is 2.54. The van der Waals surface area contributed by atoms with Gasteiger partial charge in [-0.3, -0.25) is 0 Å². The number of rotatable bonds is 6. The van der Waals surface area contributed by atoms with Gasteiger partial charge in [-0.1, -0.05) is 146 Å². The zero-order valence-corrected chi connectivity index (χ0v) is 27.4. The highest BCUT2D eigenvalue weighted by atomic mass is 15.1. The van der Waals surface area contributed by atoms with Gasteiger partial charge in [0, 0.05) is 22.5 Å². The molecule has 49 heavy (non-hydrogen) atoms. The predicted octanol–water partition coefficient (Wildman–Crippen LogP) is 13.0. The highest BCUT2D eigenvalue weighted by Gasteiger charge is 2.41. The van der Waals surface area contributed by atoms with E-state index in [-0.39, 0.29) is 5.41 Å². The summed E-state index contributed by atoms with van der Waals surface area (Å²) >= 11 is 0. The number of anilines is 3. The number of nitrogens with zero attached hydrogens (tertiary/aromatic N) is 1. The topological polar surface area (TPSA) is 3.24 Å². The van der Waals surface area contributed by atoms with Crippen molar-refractivity contribution in [2.45, 2.75) is 12.3 Å². The van der Waals surface area contributed by atoms with Crippen molar-refractivity contribution in [1.29, 1.82) is 0 Å². The Morgan fingerprint density at radius 1 is 0.347 bits per heavy atom. The van der Waals surface area contributed by atoms with Crippen molar-refractivity contribution in [1.82, 2.24) is 0 Å². The molecule has 1 aliphatic carbocycles. The first-order valence-corrected chi connectivity index (χ1v) is 17.0. The van der Waals surface area contributed by atoms with E-state index in [0.29, 0.717) is 0 Å². The quantitative estimate of drug-likeness (QED) is 0.178. The SMILES string of the molecule is CC1(c2ccccc2)c2cc(-c3ccc4ccccc4c3)ccc2-c2ccc(N(c3ccccc3)c3ccc(-c4ccccc4)cc3)cc21. The van der Waals surface area contributed by atoms with E-state index in [2.05, 4.69) is 206 Å². The second-order valence-corrected chi connectivity index (χ2v) is 13.1. The van der Waals surface area contributed by atoms with E-state index >= 15 is 0 Å². The van der Waals surface area contributed by atoms with Crippen LogP contribution in [0.4, 0.5) is 17.1 Å². The van der Waals surface area contributed by atoms with Crippen molar-refractivity contribution in [3.8, 4) is 33.4 Å². The molecule has 232 valence electrons. The van der Waals surface area contributed by atoms with Crippen LogP contribution < -0.4 is 4.90 Å². The zero-order chi connectivity index (χ0) is 32.8. The van der Waals surface area contributed by atoms with Crippen molar-refractivity contribution in [2.75, 3.05) is 4.90 Å². The van der Waals surface area contributed by atoms with Gasteiger partial charge >= 0.3 is 0 Å². The van der Waals surface area contributed by atoms with Crippen LogP contribution >= 0.6 is 0 Å². The molecule has 9 rings (SSSR count). The van der Waals surface area contributed by atoms with Crippen LogP contribution in [0.1, 0.15) is 23.6 Å². The van der Waals surface area contributed by atoms with E-state index in [0.717, 1.165) is 17.1 Å². The van der Waals surface area contributed by atoms with Gasteiger partial charge in [0.05, 0.1) is 0 Å². The summed E-state index contributed by atoms with van der Waals surface area (Å²) in [6, 6.07) is 70.8. The molecule has 8 aromatic rings.